The second-order valence-electron chi connectivity index (χ2n) is 6.46. The molecule has 1 aromatic carbocycles. The van der Waals surface area contributed by atoms with Crippen molar-refractivity contribution < 1.29 is 9.53 Å². The van der Waals surface area contributed by atoms with Crippen molar-refractivity contribution in [2.75, 3.05) is 20.3 Å². The predicted molar refractivity (Wildman–Crippen MR) is 106 cm³/mol. The molecular formula is C20H23ClN4O2. The van der Waals surface area contributed by atoms with E-state index in [1.807, 2.05) is 38.1 Å². The van der Waals surface area contributed by atoms with Gasteiger partial charge in [-0.3, -0.25) is 4.79 Å². The molecule has 0 unspecified atom stereocenters. The lowest BCUT2D eigenvalue weighted by molar-refractivity contribution is 0.0950. The summed E-state index contributed by atoms with van der Waals surface area (Å²) in [5.74, 6) is -0.169. The van der Waals surface area contributed by atoms with E-state index in [4.69, 9.17) is 16.3 Å². The van der Waals surface area contributed by atoms with E-state index in [0.717, 1.165) is 35.4 Å². The molecule has 0 radical (unpaired) electrons. The summed E-state index contributed by atoms with van der Waals surface area (Å²) in [6.45, 7) is 5.13. The van der Waals surface area contributed by atoms with Crippen molar-refractivity contribution in [2.45, 2.75) is 26.7 Å². The van der Waals surface area contributed by atoms with Crippen molar-refractivity contribution in [3.05, 3.63) is 63.6 Å². The number of amides is 1. The third-order valence-corrected chi connectivity index (χ3v) is 4.81. The van der Waals surface area contributed by atoms with Gasteiger partial charge in [0.25, 0.3) is 5.91 Å². The highest BCUT2D eigenvalue weighted by Crippen LogP contribution is 2.21. The molecule has 6 nitrogen and oxygen atoms in total. The van der Waals surface area contributed by atoms with Crippen molar-refractivity contribution in [1.29, 1.82) is 0 Å². The maximum absolute atomic E-state index is 12.5. The van der Waals surface area contributed by atoms with Gasteiger partial charge in [0.2, 0.25) is 0 Å². The molecule has 1 amide bonds. The van der Waals surface area contributed by atoms with Crippen molar-refractivity contribution in [3.8, 4) is 0 Å². The quantitative estimate of drug-likeness (QED) is 0.632. The average Bonchev–Trinajstić information content (AvgIpc) is 3.07. The number of hydrogen-bond donors (Lipinski definition) is 1. The molecule has 0 aliphatic carbocycles. The highest BCUT2D eigenvalue weighted by molar-refractivity contribution is 6.30. The number of rotatable bonds is 7. The van der Waals surface area contributed by atoms with Gasteiger partial charge in [-0.15, -0.1) is 0 Å². The number of halogens is 1. The van der Waals surface area contributed by atoms with Gasteiger partial charge in [0, 0.05) is 43.1 Å². The lowest BCUT2D eigenvalue weighted by atomic mass is 10.0. The highest BCUT2D eigenvalue weighted by atomic mass is 35.5. The van der Waals surface area contributed by atoms with E-state index in [1.54, 1.807) is 17.8 Å². The summed E-state index contributed by atoms with van der Waals surface area (Å²) in [6.07, 6.45) is 3.07. The minimum Gasteiger partial charge on any atom is -0.385 e. The van der Waals surface area contributed by atoms with E-state index in [1.165, 1.54) is 0 Å². The average molecular weight is 387 g/mol. The highest BCUT2D eigenvalue weighted by Gasteiger charge is 2.18. The van der Waals surface area contributed by atoms with Gasteiger partial charge in [0.05, 0.1) is 6.20 Å². The number of benzene rings is 1. The van der Waals surface area contributed by atoms with E-state index >= 15 is 0 Å². The van der Waals surface area contributed by atoms with Crippen LogP contribution in [0.5, 0.6) is 0 Å². The number of aromatic nitrogens is 3. The van der Waals surface area contributed by atoms with Crippen molar-refractivity contribution in [1.82, 2.24) is 19.9 Å². The van der Waals surface area contributed by atoms with Crippen molar-refractivity contribution in [3.63, 3.8) is 0 Å². The summed E-state index contributed by atoms with van der Waals surface area (Å²) >= 11 is 5.97. The maximum atomic E-state index is 12.5. The van der Waals surface area contributed by atoms with Gasteiger partial charge in [-0.05, 0) is 43.5 Å². The Hall–Kier alpha value is -2.44. The minimum absolute atomic E-state index is 0.169. The van der Waals surface area contributed by atoms with Crippen LogP contribution in [0.4, 0.5) is 0 Å². The first-order valence-corrected chi connectivity index (χ1v) is 9.24. The fourth-order valence-electron chi connectivity index (χ4n) is 3.05. The van der Waals surface area contributed by atoms with Crippen LogP contribution in [0.15, 0.2) is 30.5 Å². The van der Waals surface area contributed by atoms with Crippen LogP contribution in [0.2, 0.25) is 5.02 Å². The number of ether oxygens (including phenoxy) is 1. The molecule has 7 heteroatoms. The zero-order chi connectivity index (χ0) is 19.4. The molecule has 0 atom stereocenters. The van der Waals surface area contributed by atoms with E-state index in [-0.39, 0.29) is 5.91 Å². The lowest BCUT2D eigenvalue weighted by Crippen LogP contribution is -2.25. The normalized spacial score (nSPS) is 11.1. The van der Waals surface area contributed by atoms with Crippen LogP contribution in [0, 0.1) is 13.8 Å². The zero-order valence-electron chi connectivity index (χ0n) is 15.8. The monoisotopic (exact) mass is 386 g/mol. The number of fused-ring (bicyclic) bond motifs is 1. The van der Waals surface area contributed by atoms with Crippen LogP contribution < -0.4 is 5.32 Å². The third kappa shape index (κ3) is 4.28. The Bertz CT molecular complexity index is 951. The van der Waals surface area contributed by atoms with Gasteiger partial charge in [-0.25, -0.2) is 9.50 Å². The second-order valence-corrected chi connectivity index (χ2v) is 6.90. The standard InChI is InChI=1S/C20H23ClN4O2/c1-13-17(11-15-5-7-16(21)8-6-15)14(2)25-19(24-13)18(12-23-25)20(26)22-9-4-10-27-3/h5-8,12H,4,9-11H2,1-3H3,(H,22,26). The molecule has 0 aliphatic rings. The Labute approximate surface area is 163 Å². The van der Waals surface area contributed by atoms with Crippen molar-refractivity contribution in [2.24, 2.45) is 0 Å². The van der Waals surface area contributed by atoms with E-state index < -0.39 is 0 Å². The van der Waals surface area contributed by atoms with Gasteiger partial charge >= 0.3 is 0 Å². The summed E-state index contributed by atoms with van der Waals surface area (Å²) in [6, 6.07) is 7.78. The second kappa shape index (κ2) is 8.50. The van der Waals surface area contributed by atoms with E-state index in [0.29, 0.717) is 29.4 Å². The largest absolute Gasteiger partial charge is 0.385 e. The molecule has 0 bridgehead atoms. The van der Waals surface area contributed by atoms with Crippen LogP contribution in [0.25, 0.3) is 5.65 Å². The van der Waals surface area contributed by atoms with Crippen LogP contribution in [0.1, 0.15) is 39.3 Å². The first-order chi connectivity index (χ1) is 13.0. The van der Waals surface area contributed by atoms with Gasteiger partial charge in [0.1, 0.15) is 5.56 Å². The molecule has 2 heterocycles. The molecule has 0 saturated heterocycles. The SMILES string of the molecule is COCCCNC(=O)c1cnn2c(C)c(Cc3ccc(Cl)cc3)c(C)nc12. The Kier molecular flexibility index (Phi) is 6.08. The van der Waals surface area contributed by atoms with Crippen LogP contribution in [0.3, 0.4) is 0 Å². The molecular weight excluding hydrogens is 364 g/mol. The minimum atomic E-state index is -0.169. The number of hydrogen-bond acceptors (Lipinski definition) is 4. The number of aryl methyl sites for hydroxylation is 2. The Morgan fingerprint density at radius 2 is 2.00 bits per heavy atom. The Balaban J connectivity index is 1.87. The summed E-state index contributed by atoms with van der Waals surface area (Å²) in [5, 5.41) is 7.99. The lowest BCUT2D eigenvalue weighted by Gasteiger charge is -2.12. The van der Waals surface area contributed by atoms with Gasteiger partial charge in [0.15, 0.2) is 5.65 Å². The molecule has 0 spiro atoms. The fraction of sp³-hybridized carbons (Fsp3) is 0.350. The number of methoxy groups -OCH3 is 1. The smallest absolute Gasteiger partial charge is 0.256 e. The third-order valence-electron chi connectivity index (χ3n) is 4.56. The van der Waals surface area contributed by atoms with E-state index in [9.17, 15) is 4.79 Å². The first kappa shape index (κ1) is 19.3. The summed E-state index contributed by atoms with van der Waals surface area (Å²) < 4.78 is 6.74. The number of carbonyl (C=O) groups is 1. The molecule has 0 fully saturated rings. The molecule has 0 saturated carbocycles. The molecule has 3 aromatic rings. The van der Waals surface area contributed by atoms with E-state index in [2.05, 4.69) is 15.4 Å². The molecule has 142 valence electrons. The number of nitrogens with one attached hydrogen (secondary N) is 1. The van der Waals surface area contributed by atoms with Gasteiger partial charge < -0.3 is 10.1 Å². The van der Waals surface area contributed by atoms with Crippen molar-refractivity contribution >= 4 is 23.2 Å². The fourth-order valence-corrected chi connectivity index (χ4v) is 3.17. The first-order valence-electron chi connectivity index (χ1n) is 8.86. The Morgan fingerprint density at radius 1 is 1.26 bits per heavy atom. The molecule has 3 rings (SSSR count). The predicted octanol–water partition coefficient (Wildman–Crippen LogP) is 3.36. The number of carbonyl (C=O) groups excluding carboxylic acids is 1. The molecule has 2 aromatic heterocycles. The van der Waals surface area contributed by atoms with Crippen LogP contribution in [-0.4, -0.2) is 40.8 Å². The number of nitrogens with zero attached hydrogens (tertiary/aromatic N) is 3. The Morgan fingerprint density at radius 3 is 2.70 bits per heavy atom. The summed E-state index contributed by atoms with van der Waals surface area (Å²) in [5.41, 5.74) is 5.18. The molecule has 1 N–H and O–H groups in total. The van der Waals surface area contributed by atoms with Gasteiger partial charge in [-0.1, -0.05) is 23.7 Å². The summed E-state index contributed by atoms with van der Waals surface area (Å²) in [7, 11) is 1.64. The van der Waals surface area contributed by atoms with Gasteiger partial charge in [-0.2, -0.15) is 5.10 Å². The summed E-state index contributed by atoms with van der Waals surface area (Å²) in [4.78, 5) is 17.1. The molecule has 0 aliphatic heterocycles. The van der Waals surface area contributed by atoms with Crippen LogP contribution in [-0.2, 0) is 11.2 Å². The maximum Gasteiger partial charge on any atom is 0.256 e. The van der Waals surface area contributed by atoms with Crippen LogP contribution >= 0.6 is 11.6 Å². The topological polar surface area (TPSA) is 68.5 Å². The molecule has 27 heavy (non-hydrogen) atoms. The zero-order valence-corrected chi connectivity index (χ0v) is 16.5.